The number of nitrogens with zero attached hydrogens (tertiary/aromatic N) is 2. The van der Waals surface area contributed by atoms with Gasteiger partial charge in [-0.1, -0.05) is 11.6 Å². The van der Waals surface area contributed by atoms with Gasteiger partial charge in [0.25, 0.3) is 0 Å². The second-order valence-corrected chi connectivity index (χ2v) is 6.62. The number of hydrogen-bond donors (Lipinski definition) is 1. The van der Waals surface area contributed by atoms with Crippen molar-refractivity contribution in [2.75, 3.05) is 33.9 Å². The Kier molecular flexibility index (Phi) is 7.03. The van der Waals surface area contributed by atoms with Crippen LogP contribution in [0.3, 0.4) is 0 Å². The number of nitrogens with one attached hydrogen (secondary N) is 1. The predicted molar refractivity (Wildman–Crippen MR) is 78.6 cm³/mol. The third-order valence-electron chi connectivity index (χ3n) is 2.63. The zero-order valence-corrected chi connectivity index (χ0v) is 13.4. The van der Waals surface area contributed by atoms with Crippen molar-refractivity contribution in [2.24, 2.45) is 0 Å². The minimum Gasteiger partial charge on any atom is -0.385 e. The van der Waals surface area contributed by atoms with Gasteiger partial charge < -0.3 is 10.1 Å². The molecule has 1 rings (SSSR count). The van der Waals surface area contributed by atoms with Crippen molar-refractivity contribution < 1.29 is 17.9 Å². The molecule has 0 radical (unpaired) electrons. The summed E-state index contributed by atoms with van der Waals surface area (Å²) in [5.74, 6) is -0.391. The first-order valence-electron chi connectivity index (χ1n) is 6.22. The molecule has 1 amide bonds. The average Bonchev–Trinajstić information content (AvgIpc) is 2.43. The number of halogens is 1. The maximum atomic E-state index is 12.3. The number of carbonyl (C=O) groups excluding carboxylic acids is 1. The molecule has 0 aromatic carbocycles. The Labute approximate surface area is 129 Å². The summed E-state index contributed by atoms with van der Waals surface area (Å²) in [4.78, 5) is 15.3. The van der Waals surface area contributed by atoms with Gasteiger partial charge in [-0.15, -0.1) is 0 Å². The van der Waals surface area contributed by atoms with Crippen molar-refractivity contribution in [3.63, 3.8) is 0 Å². The first-order valence-corrected chi connectivity index (χ1v) is 8.04. The van der Waals surface area contributed by atoms with E-state index in [1.165, 1.54) is 25.4 Å². The lowest BCUT2D eigenvalue weighted by atomic mass is 10.4. The Morgan fingerprint density at radius 2 is 2.24 bits per heavy atom. The van der Waals surface area contributed by atoms with Crippen molar-refractivity contribution in [2.45, 2.75) is 11.3 Å². The van der Waals surface area contributed by atoms with Crippen LogP contribution in [0.1, 0.15) is 6.42 Å². The standard InChI is InChI=1S/C12H18ClN3O4S/c1-16(9-11(17)14-7-4-8-20-2)21(18,19)10-5-3-6-15-12(10)13/h3,5-6H,4,7-9H2,1-2H3,(H,14,17). The molecule has 0 aliphatic rings. The van der Waals surface area contributed by atoms with Crippen molar-refractivity contribution in [1.29, 1.82) is 0 Å². The first-order chi connectivity index (χ1) is 9.89. The largest absolute Gasteiger partial charge is 0.385 e. The highest BCUT2D eigenvalue weighted by molar-refractivity contribution is 7.89. The van der Waals surface area contributed by atoms with Gasteiger partial charge in [-0.05, 0) is 18.6 Å². The van der Waals surface area contributed by atoms with Crippen LogP contribution in [0.15, 0.2) is 23.2 Å². The molecular formula is C12H18ClN3O4S. The highest BCUT2D eigenvalue weighted by atomic mass is 35.5. The van der Waals surface area contributed by atoms with E-state index in [-0.39, 0.29) is 16.6 Å². The Bertz CT molecular complexity index is 580. The van der Waals surface area contributed by atoms with Crippen molar-refractivity contribution in [3.05, 3.63) is 23.5 Å². The summed E-state index contributed by atoms with van der Waals surface area (Å²) < 4.78 is 30.3. The molecule has 0 unspecified atom stereocenters. The molecule has 9 heteroatoms. The number of carbonyl (C=O) groups is 1. The molecule has 0 bridgehead atoms. The molecule has 1 aromatic rings. The molecule has 0 saturated carbocycles. The van der Waals surface area contributed by atoms with Gasteiger partial charge in [0.1, 0.15) is 10.0 Å². The number of aromatic nitrogens is 1. The molecule has 1 aromatic heterocycles. The van der Waals surface area contributed by atoms with Crippen LogP contribution in [0.5, 0.6) is 0 Å². The van der Waals surface area contributed by atoms with Crippen LogP contribution >= 0.6 is 11.6 Å². The van der Waals surface area contributed by atoms with Gasteiger partial charge in [0, 0.05) is 33.5 Å². The monoisotopic (exact) mass is 335 g/mol. The Balaban J connectivity index is 2.64. The number of hydrogen-bond acceptors (Lipinski definition) is 5. The normalized spacial score (nSPS) is 11.6. The molecule has 7 nitrogen and oxygen atoms in total. The second-order valence-electron chi connectivity index (χ2n) is 4.25. The van der Waals surface area contributed by atoms with E-state index in [2.05, 4.69) is 10.3 Å². The lowest BCUT2D eigenvalue weighted by Crippen LogP contribution is -2.38. The van der Waals surface area contributed by atoms with E-state index in [0.29, 0.717) is 19.6 Å². The first kappa shape index (κ1) is 17.8. The third kappa shape index (κ3) is 5.24. The van der Waals surface area contributed by atoms with E-state index in [1.807, 2.05) is 0 Å². The lowest BCUT2D eigenvalue weighted by molar-refractivity contribution is -0.121. The number of sulfonamides is 1. The summed E-state index contributed by atoms with van der Waals surface area (Å²) in [6, 6.07) is 2.81. The van der Waals surface area contributed by atoms with Gasteiger partial charge in [0.2, 0.25) is 15.9 Å². The Hall–Kier alpha value is -1.22. The van der Waals surface area contributed by atoms with Gasteiger partial charge >= 0.3 is 0 Å². The van der Waals surface area contributed by atoms with Crippen LogP contribution in [0.2, 0.25) is 5.15 Å². The molecule has 0 saturated heterocycles. The van der Waals surface area contributed by atoms with Gasteiger partial charge in [-0.3, -0.25) is 4.79 Å². The lowest BCUT2D eigenvalue weighted by Gasteiger charge is -2.17. The molecular weight excluding hydrogens is 318 g/mol. The molecule has 0 atom stereocenters. The molecule has 1 N–H and O–H groups in total. The molecule has 118 valence electrons. The Morgan fingerprint density at radius 3 is 2.86 bits per heavy atom. The number of likely N-dealkylation sites (N-methyl/N-ethyl adjacent to an activating group) is 1. The minimum absolute atomic E-state index is 0.121. The van der Waals surface area contributed by atoms with Gasteiger partial charge in [0.15, 0.2) is 0 Å². The summed E-state index contributed by atoms with van der Waals surface area (Å²) in [7, 11) is -0.964. The van der Waals surface area contributed by atoms with Crippen LogP contribution in [0.4, 0.5) is 0 Å². The van der Waals surface area contributed by atoms with Crippen LogP contribution in [-0.4, -0.2) is 57.5 Å². The fraction of sp³-hybridized carbons (Fsp3) is 0.500. The molecule has 0 aliphatic carbocycles. The number of ether oxygens (including phenoxy) is 1. The quantitative estimate of drug-likeness (QED) is 0.552. The van der Waals surface area contributed by atoms with Gasteiger partial charge in [-0.2, -0.15) is 4.31 Å². The van der Waals surface area contributed by atoms with E-state index < -0.39 is 15.9 Å². The van der Waals surface area contributed by atoms with E-state index in [4.69, 9.17) is 16.3 Å². The minimum atomic E-state index is -3.85. The molecule has 0 aliphatic heterocycles. The summed E-state index contributed by atoms with van der Waals surface area (Å²) in [5, 5.41) is 2.49. The van der Waals surface area contributed by atoms with Gasteiger partial charge in [-0.25, -0.2) is 13.4 Å². The van der Waals surface area contributed by atoms with E-state index in [9.17, 15) is 13.2 Å². The second kappa shape index (κ2) is 8.28. The van der Waals surface area contributed by atoms with Crippen LogP contribution in [-0.2, 0) is 19.6 Å². The Morgan fingerprint density at radius 1 is 1.52 bits per heavy atom. The summed E-state index contributed by atoms with van der Waals surface area (Å²) in [6.07, 6.45) is 2.05. The predicted octanol–water partition coefficient (Wildman–Crippen LogP) is 0.508. The highest BCUT2D eigenvalue weighted by Crippen LogP contribution is 2.20. The average molecular weight is 336 g/mol. The van der Waals surface area contributed by atoms with E-state index in [0.717, 1.165) is 4.31 Å². The van der Waals surface area contributed by atoms with E-state index >= 15 is 0 Å². The summed E-state index contributed by atoms with van der Waals surface area (Å²) in [6.45, 7) is 0.661. The van der Waals surface area contributed by atoms with Crippen LogP contribution in [0.25, 0.3) is 0 Å². The number of methoxy groups -OCH3 is 1. The maximum absolute atomic E-state index is 12.3. The molecule has 0 fully saturated rings. The van der Waals surface area contributed by atoms with Crippen molar-refractivity contribution >= 4 is 27.5 Å². The highest BCUT2D eigenvalue weighted by Gasteiger charge is 2.25. The summed E-state index contributed by atoms with van der Waals surface area (Å²) >= 11 is 5.78. The van der Waals surface area contributed by atoms with Gasteiger partial charge in [0.05, 0.1) is 6.54 Å². The molecule has 21 heavy (non-hydrogen) atoms. The number of amides is 1. The van der Waals surface area contributed by atoms with Crippen molar-refractivity contribution in [3.8, 4) is 0 Å². The fourth-order valence-corrected chi connectivity index (χ4v) is 3.07. The maximum Gasteiger partial charge on any atom is 0.246 e. The SMILES string of the molecule is COCCCNC(=O)CN(C)S(=O)(=O)c1cccnc1Cl. The third-order valence-corrected chi connectivity index (χ3v) is 4.87. The zero-order chi connectivity index (χ0) is 15.9. The molecule has 0 spiro atoms. The topological polar surface area (TPSA) is 88.6 Å². The number of rotatable bonds is 8. The van der Waals surface area contributed by atoms with E-state index in [1.54, 1.807) is 7.11 Å². The number of pyridine rings is 1. The van der Waals surface area contributed by atoms with Crippen molar-refractivity contribution in [1.82, 2.24) is 14.6 Å². The summed E-state index contributed by atoms with van der Waals surface area (Å²) in [5.41, 5.74) is 0. The van der Waals surface area contributed by atoms with Crippen LogP contribution < -0.4 is 5.32 Å². The molecule has 1 heterocycles. The zero-order valence-electron chi connectivity index (χ0n) is 11.9. The smallest absolute Gasteiger partial charge is 0.246 e. The van der Waals surface area contributed by atoms with Crippen LogP contribution in [0, 0.1) is 0 Å². The fourth-order valence-electron chi connectivity index (χ4n) is 1.52.